The molecular weight excluding hydrogens is 303 g/mol. The maximum Gasteiger partial charge on any atom is 0.573 e. The van der Waals surface area contributed by atoms with Crippen LogP contribution in [0.15, 0.2) is 24.3 Å². The maximum atomic E-state index is 12.1. The molecule has 1 saturated heterocycles. The van der Waals surface area contributed by atoms with Crippen LogP contribution in [0.4, 0.5) is 13.2 Å². The largest absolute Gasteiger partial charge is 0.573 e. The van der Waals surface area contributed by atoms with Crippen molar-refractivity contribution < 1.29 is 32.2 Å². The number of hydrogen-bond donors (Lipinski definition) is 0. The number of halogens is 3. The lowest BCUT2D eigenvalue weighted by Gasteiger charge is -2.16. The molecule has 0 spiro atoms. The number of carbonyl (C=O) groups excluding carboxylic acids is 2. The second kappa shape index (κ2) is 6.25. The number of hydrogen-bond acceptors (Lipinski definition) is 4. The molecule has 0 saturated carbocycles. The van der Waals surface area contributed by atoms with E-state index in [0.29, 0.717) is 5.56 Å². The van der Waals surface area contributed by atoms with Crippen molar-refractivity contribution >= 4 is 11.9 Å². The first-order valence-corrected chi connectivity index (χ1v) is 6.49. The zero-order valence-corrected chi connectivity index (χ0v) is 11.7. The summed E-state index contributed by atoms with van der Waals surface area (Å²) in [5.41, 5.74) is 0.647. The Bertz CT molecular complexity index is 556. The summed E-state index contributed by atoms with van der Waals surface area (Å²) in [4.78, 5) is 24.7. The first-order chi connectivity index (χ1) is 10.3. The molecule has 0 bridgehead atoms. The predicted molar refractivity (Wildman–Crippen MR) is 68.7 cm³/mol. The average molecular weight is 317 g/mol. The first kappa shape index (κ1) is 16.1. The Morgan fingerprint density at radius 2 is 1.95 bits per heavy atom. The van der Waals surface area contributed by atoms with Crippen molar-refractivity contribution in [3.05, 3.63) is 29.8 Å². The number of alkyl halides is 3. The summed E-state index contributed by atoms with van der Waals surface area (Å²) >= 11 is 0. The van der Waals surface area contributed by atoms with Crippen LogP contribution in [0.3, 0.4) is 0 Å². The molecule has 1 aromatic carbocycles. The number of nitrogens with zero attached hydrogens (tertiary/aromatic N) is 1. The highest BCUT2D eigenvalue weighted by atomic mass is 19.4. The molecule has 2 rings (SSSR count). The van der Waals surface area contributed by atoms with Crippen molar-refractivity contribution in [2.24, 2.45) is 5.92 Å². The number of rotatable bonds is 4. The SMILES string of the molecule is COC(=O)C1CC(=O)N(Cc2ccc(OC(F)(F)F)cc2)C1. The van der Waals surface area contributed by atoms with Gasteiger partial charge < -0.3 is 14.4 Å². The Labute approximate surface area is 124 Å². The summed E-state index contributed by atoms with van der Waals surface area (Å²) in [5.74, 6) is -1.45. The maximum absolute atomic E-state index is 12.1. The number of benzene rings is 1. The van der Waals surface area contributed by atoms with E-state index in [1.807, 2.05) is 0 Å². The van der Waals surface area contributed by atoms with E-state index in [4.69, 9.17) is 0 Å². The van der Waals surface area contributed by atoms with Gasteiger partial charge in [0.25, 0.3) is 0 Å². The number of esters is 1. The lowest BCUT2D eigenvalue weighted by atomic mass is 10.1. The minimum Gasteiger partial charge on any atom is -0.469 e. The third kappa shape index (κ3) is 4.12. The molecule has 0 N–H and O–H groups in total. The lowest BCUT2D eigenvalue weighted by Crippen LogP contribution is -2.26. The van der Waals surface area contributed by atoms with E-state index < -0.39 is 18.2 Å². The normalized spacial score (nSPS) is 18.5. The van der Waals surface area contributed by atoms with Gasteiger partial charge in [-0.15, -0.1) is 13.2 Å². The van der Waals surface area contributed by atoms with Crippen molar-refractivity contribution in [3.8, 4) is 5.75 Å². The number of ether oxygens (including phenoxy) is 2. The molecule has 0 aromatic heterocycles. The molecule has 1 aliphatic heterocycles. The molecule has 1 fully saturated rings. The van der Waals surface area contributed by atoms with Crippen LogP contribution >= 0.6 is 0 Å². The van der Waals surface area contributed by atoms with E-state index in [-0.39, 0.29) is 31.2 Å². The monoisotopic (exact) mass is 317 g/mol. The smallest absolute Gasteiger partial charge is 0.469 e. The van der Waals surface area contributed by atoms with Gasteiger partial charge in [0, 0.05) is 19.5 Å². The van der Waals surface area contributed by atoms with Crippen molar-refractivity contribution in [2.45, 2.75) is 19.3 Å². The number of methoxy groups -OCH3 is 1. The Kier molecular flexibility index (Phi) is 4.58. The molecule has 22 heavy (non-hydrogen) atoms. The molecule has 5 nitrogen and oxygen atoms in total. The molecule has 0 radical (unpaired) electrons. The first-order valence-electron chi connectivity index (χ1n) is 6.49. The minimum atomic E-state index is -4.74. The minimum absolute atomic E-state index is 0.0853. The molecule has 120 valence electrons. The Morgan fingerprint density at radius 3 is 2.50 bits per heavy atom. The molecule has 1 heterocycles. The molecule has 0 aliphatic carbocycles. The second-order valence-corrected chi connectivity index (χ2v) is 4.89. The van der Waals surface area contributed by atoms with Gasteiger partial charge in [0.1, 0.15) is 5.75 Å². The molecular formula is C14H14F3NO4. The number of likely N-dealkylation sites (tertiary alicyclic amines) is 1. The van der Waals surface area contributed by atoms with Crippen molar-refractivity contribution in [3.63, 3.8) is 0 Å². The van der Waals surface area contributed by atoms with Gasteiger partial charge in [-0.3, -0.25) is 9.59 Å². The van der Waals surface area contributed by atoms with Crippen LogP contribution in [0.5, 0.6) is 5.75 Å². The van der Waals surface area contributed by atoms with Crippen LogP contribution in [0, 0.1) is 5.92 Å². The fraction of sp³-hybridized carbons (Fsp3) is 0.429. The molecule has 1 unspecified atom stereocenters. The van der Waals surface area contributed by atoms with Crippen LogP contribution in [-0.4, -0.2) is 36.8 Å². The van der Waals surface area contributed by atoms with Crippen LogP contribution < -0.4 is 4.74 Å². The molecule has 1 atom stereocenters. The van der Waals surface area contributed by atoms with Gasteiger partial charge in [0.2, 0.25) is 5.91 Å². The van der Waals surface area contributed by atoms with Gasteiger partial charge in [-0.1, -0.05) is 12.1 Å². The third-order valence-corrected chi connectivity index (χ3v) is 3.28. The Hall–Kier alpha value is -2.25. The zero-order valence-electron chi connectivity index (χ0n) is 11.7. The molecule has 8 heteroatoms. The van der Waals surface area contributed by atoms with Crippen LogP contribution in [0.25, 0.3) is 0 Å². The predicted octanol–water partition coefficient (Wildman–Crippen LogP) is 2.11. The van der Waals surface area contributed by atoms with Crippen molar-refractivity contribution in [1.82, 2.24) is 4.90 Å². The van der Waals surface area contributed by atoms with E-state index in [0.717, 1.165) is 0 Å². The van der Waals surface area contributed by atoms with Crippen LogP contribution in [0.2, 0.25) is 0 Å². The number of amides is 1. The van der Waals surface area contributed by atoms with E-state index in [1.165, 1.54) is 36.3 Å². The standard InChI is InChI=1S/C14H14F3NO4/c1-21-13(20)10-6-12(19)18(8-10)7-9-2-4-11(5-3-9)22-14(15,16)17/h2-5,10H,6-8H2,1H3. The summed E-state index contributed by atoms with van der Waals surface area (Å²) in [6.07, 6.45) is -4.65. The summed E-state index contributed by atoms with van der Waals surface area (Å²) in [7, 11) is 1.26. The van der Waals surface area contributed by atoms with E-state index in [2.05, 4.69) is 9.47 Å². The number of carbonyl (C=O) groups is 2. The summed E-state index contributed by atoms with van der Waals surface area (Å²) in [6, 6.07) is 5.25. The van der Waals surface area contributed by atoms with Crippen molar-refractivity contribution in [2.75, 3.05) is 13.7 Å². The van der Waals surface area contributed by atoms with E-state index in [1.54, 1.807) is 0 Å². The van der Waals surface area contributed by atoms with E-state index >= 15 is 0 Å². The highest BCUT2D eigenvalue weighted by Crippen LogP contribution is 2.25. The molecule has 1 amide bonds. The highest BCUT2D eigenvalue weighted by Gasteiger charge is 2.35. The second-order valence-electron chi connectivity index (χ2n) is 4.89. The quantitative estimate of drug-likeness (QED) is 0.798. The van der Waals surface area contributed by atoms with Gasteiger partial charge >= 0.3 is 12.3 Å². The topological polar surface area (TPSA) is 55.8 Å². The lowest BCUT2D eigenvalue weighted by molar-refractivity contribution is -0.274. The molecule has 1 aliphatic rings. The van der Waals surface area contributed by atoms with Gasteiger partial charge in [0.15, 0.2) is 0 Å². The summed E-state index contributed by atoms with van der Waals surface area (Å²) in [5, 5.41) is 0. The Morgan fingerprint density at radius 1 is 1.32 bits per heavy atom. The van der Waals surface area contributed by atoms with Crippen LogP contribution in [0.1, 0.15) is 12.0 Å². The van der Waals surface area contributed by atoms with Crippen molar-refractivity contribution in [1.29, 1.82) is 0 Å². The van der Waals surface area contributed by atoms with E-state index in [9.17, 15) is 22.8 Å². The summed E-state index contributed by atoms with van der Waals surface area (Å²) < 4.78 is 44.5. The van der Waals surface area contributed by atoms with Gasteiger partial charge in [0.05, 0.1) is 13.0 Å². The van der Waals surface area contributed by atoms with Gasteiger partial charge in [-0.05, 0) is 17.7 Å². The third-order valence-electron chi connectivity index (χ3n) is 3.28. The zero-order chi connectivity index (χ0) is 16.3. The molecule has 1 aromatic rings. The van der Waals surface area contributed by atoms with Crippen LogP contribution in [-0.2, 0) is 20.9 Å². The average Bonchev–Trinajstić information content (AvgIpc) is 2.80. The fourth-order valence-corrected chi connectivity index (χ4v) is 2.27. The van der Waals surface area contributed by atoms with Gasteiger partial charge in [-0.25, -0.2) is 0 Å². The van der Waals surface area contributed by atoms with Gasteiger partial charge in [-0.2, -0.15) is 0 Å². The Balaban J connectivity index is 1.96. The fourth-order valence-electron chi connectivity index (χ4n) is 2.27. The summed E-state index contributed by atoms with van der Waals surface area (Å²) in [6.45, 7) is 0.463. The highest BCUT2D eigenvalue weighted by molar-refractivity contribution is 5.86.